The Kier molecular flexibility index (Phi) is 4.16. The predicted molar refractivity (Wildman–Crippen MR) is 68.4 cm³/mol. The number of oxazole rings is 1. The maximum Gasteiger partial charge on any atom is 0.323 e. The first-order valence-corrected chi connectivity index (χ1v) is 6.12. The van der Waals surface area contributed by atoms with E-state index in [1.807, 2.05) is 27.7 Å². The molecule has 0 spiro atoms. The molecule has 5 nitrogen and oxygen atoms in total. The molecule has 0 aromatic carbocycles. The van der Waals surface area contributed by atoms with Crippen molar-refractivity contribution < 1.29 is 14.3 Å². The van der Waals surface area contributed by atoms with E-state index < -0.39 is 11.5 Å². The van der Waals surface area contributed by atoms with E-state index in [4.69, 9.17) is 9.52 Å². The molecule has 1 unspecified atom stereocenters. The van der Waals surface area contributed by atoms with Crippen LogP contribution >= 0.6 is 0 Å². The van der Waals surface area contributed by atoms with Crippen LogP contribution in [0, 0.1) is 0 Å². The van der Waals surface area contributed by atoms with E-state index in [2.05, 4.69) is 10.3 Å². The van der Waals surface area contributed by atoms with E-state index in [9.17, 15) is 4.79 Å². The third-order valence-corrected chi connectivity index (χ3v) is 3.10. The van der Waals surface area contributed by atoms with Gasteiger partial charge in [0.05, 0.1) is 12.7 Å². The number of nitrogens with one attached hydrogen (secondary N) is 1. The molecule has 0 saturated carbocycles. The molecule has 5 heteroatoms. The smallest absolute Gasteiger partial charge is 0.323 e. The average Bonchev–Trinajstić information content (AvgIpc) is 2.73. The van der Waals surface area contributed by atoms with Gasteiger partial charge in [0, 0.05) is 5.41 Å². The van der Waals surface area contributed by atoms with E-state index in [1.165, 1.54) is 0 Å². The van der Waals surface area contributed by atoms with Gasteiger partial charge in [0.15, 0.2) is 0 Å². The highest BCUT2D eigenvalue weighted by Gasteiger charge is 2.30. The van der Waals surface area contributed by atoms with Gasteiger partial charge >= 0.3 is 5.97 Å². The fraction of sp³-hybridized carbons (Fsp3) is 0.692. The lowest BCUT2D eigenvalue weighted by Gasteiger charge is -2.23. The molecule has 2 N–H and O–H groups in total. The number of aromatic nitrogens is 1. The molecule has 0 fully saturated rings. The summed E-state index contributed by atoms with van der Waals surface area (Å²) >= 11 is 0. The largest absolute Gasteiger partial charge is 0.480 e. The molecule has 0 amide bonds. The minimum Gasteiger partial charge on any atom is -0.480 e. The Hall–Kier alpha value is -1.36. The summed E-state index contributed by atoms with van der Waals surface area (Å²) in [4.78, 5) is 15.3. The molecule has 1 atom stereocenters. The maximum atomic E-state index is 11.1. The molecule has 1 aromatic rings. The number of carbonyl (C=O) groups is 1. The number of carboxylic acid groups (broad SMARTS) is 1. The molecule has 0 bridgehead atoms. The Balaban J connectivity index is 2.70. The first-order valence-electron chi connectivity index (χ1n) is 6.12. The van der Waals surface area contributed by atoms with Gasteiger partial charge in [-0.25, -0.2) is 4.98 Å². The Morgan fingerprint density at radius 1 is 1.44 bits per heavy atom. The van der Waals surface area contributed by atoms with Crippen LogP contribution in [0.4, 0.5) is 0 Å². The molecule has 0 aliphatic heterocycles. The molecular formula is C13H22N2O3. The minimum absolute atomic E-state index is 0.0912. The summed E-state index contributed by atoms with van der Waals surface area (Å²) in [5, 5.41) is 12.1. The SMILES string of the molecule is CCC(C)(NCc1ncc(C(C)(C)C)o1)C(=O)O. The van der Waals surface area contributed by atoms with Gasteiger partial charge in [0.25, 0.3) is 0 Å². The first-order chi connectivity index (χ1) is 8.19. The highest BCUT2D eigenvalue weighted by molar-refractivity contribution is 5.78. The van der Waals surface area contributed by atoms with Crippen LogP contribution in [0.1, 0.15) is 52.7 Å². The van der Waals surface area contributed by atoms with Gasteiger partial charge in [-0.2, -0.15) is 0 Å². The summed E-state index contributed by atoms with van der Waals surface area (Å²) < 4.78 is 5.60. The van der Waals surface area contributed by atoms with Crippen LogP contribution in [0.3, 0.4) is 0 Å². The van der Waals surface area contributed by atoms with Gasteiger partial charge in [-0.1, -0.05) is 27.7 Å². The van der Waals surface area contributed by atoms with Gasteiger partial charge in [0.1, 0.15) is 11.3 Å². The minimum atomic E-state index is -0.948. The second-order valence-corrected chi connectivity index (χ2v) is 5.71. The van der Waals surface area contributed by atoms with E-state index in [0.717, 1.165) is 5.76 Å². The van der Waals surface area contributed by atoms with Crippen molar-refractivity contribution in [1.82, 2.24) is 10.3 Å². The van der Waals surface area contributed by atoms with Crippen molar-refractivity contribution >= 4 is 5.97 Å². The van der Waals surface area contributed by atoms with Crippen LogP contribution in [0.2, 0.25) is 0 Å². The van der Waals surface area contributed by atoms with Crippen LogP contribution in [0.15, 0.2) is 10.6 Å². The van der Waals surface area contributed by atoms with Gasteiger partial charge in [-0.15, -0.1) is 0 Å². The molecule has 1 rings (SSSR count). The molecule has 0 radical (unpaired) electrons. The zero-order valence-corrected chi connectivity index (χ0v) is 11.7. The van der Waals surface area contributed by atoms with Crippen molar-refractivity contribution in [1.29, 1.82) is 0 Å². The zero-order chi connectivity index (χ0) is 14.0. The normalized spacial score (nSPS) is 15.4. The Morgan fingerprint density at radius 3 is 2.44 bits per heavy atom. The average molecular weight is 254 g/mol. The fourth-order valence-electron chi connectivity index (χ4n) is 1.36. The van der Waals surface area contributed by atoms with Crippen molar-refractivity contribution in [2.24, 2.45) is 0 Å². The summed E-state index contributed by atoms with van der Waals surface area (Å²) in [6.07, 6.45) is 2.19. The highest BCUT2D eigenvalue weighted by Crippen LogP contribution is 2.22. The summed E-state index contributed by atoms with van der Waals surface area (Å²) in [5.41, 5.74) is -1.04. The summed E-state index contributed by atoms with van der Waals surface area (Å²) in [6.45, 7) is 9.92. The van der Waals surface area contributed by atoms with Crippen molar-refractivity contribution in [2.45, 2.75) is 58.5 Å². The number of carboxylic acids is 1. The summed E-state index contributed by atoms with van der Waals surface area (Å²) in [6, 6.07) is 0. The standard InChI is InChI=1S/C13H22N2O3/c1-6-13(5,11(16)17)15-8-10-14-7-9(18-10)12(2,3)4/h7,15H,6,8H2,1-5H3,(H,16,17). The second kappa shape index (κ2) is 5.10. The lowest BCUT2D eigenvalue weighted by molar-refractivity contribution is -0.144. The van der Waals surface area contributed by atoms with Gasteiger partial charge in [-0.05, 0) is 13.3 Å². The Morgan fingerprint density at radius 2 is 2.06 bits per heavy atom. The predicted octanol–water partition coefficient (Wildman–Crippen LogP) is 2.31. The molecule has 1 aromatic heterocycles. The number of hydrogen-bond donors (Lipinski definition) is 2. The van der Waals surface area contributed by atoms with Crippen molar-refractivity contribution in [3.8, 4) is 0 Å². The molecule has 0 aliphatic carbocycles. The van der Waals surface area contributed by atoms with Crippen molar-refractivity contribution in [3.63, 3.8) is 0 Å². The number of nitrogens with zero attached hydrogens (tertiary/aromatic N) is 1. The zero-order valence-electron chi connectivity index (χ0n) is 11.7. The molecule has 18 heavy (non-hydrogen) atoms. The lowest BCUT2D eigenvalue weighted by atomic mass is 9.94. The van der Waals surface area contributed by atoms with Crippen LogP contribution < -0.4 is 5.32 Å². The van der Waals surface area contributed by atoms with E-state index in [-0.39, 0.29) is 5.41 Å². The molecule has 0 saturated heterocycles. The topological polar surface area (TPSA) is 75.4 Å². The van der Waals surface area contributed by atoms with E-state index >= 15 is 0 Å². The molecule has 1 heterocycles. The van der Waals surface area contributed by atoms with Crippen molar-refractivity contribution in [3.05, 3.63) is 17.8 Å². The highest BCUT2D eigenvalue weighted by atomic mass is 16.4. The third kappa shape index (κ3) is 3.32. The molecule has 0 aliphatic rings. The third-order valence-electron chi connectivity index (χ3n) is 3.10. The van der Waals surface area contributed by atoms with Crippen LogP contribution in [0.5, 0.6) is 0 Å². The number of hydrogen-bond acceptors (Lipinski definition) is 4. The van der Waals surface area contributed by atoms with Crippen LogP contribution in [0.25, 0.3) is 0 Å². The van der Waals surface area contributed by atoms with Crippen molar-refractivity contribution in [2.75, 3.05) is 0 Å². The lowest BCUT2D eigenvalue weighted by Crippen LogP contribution is -2.48. The van der Waals surface area contributed by atoms with Gasteiger partial charge in [-0.3, -0.25) is 10.1 Å². The quantitative estimate of drug-likeness (QED) is 0.843. The van der Waals surface area contributed by atoms with E-state index in [0.29, 0.717) is 18.9 Å². The molecular weight excluding hydrogens is 232 g/mol. The monoisotopic (exact) mass is 254 g/mol. The second-order valence-electron chi connectivity index (χ2n) is 5.71. The summed E-state index contributed by atoms with van der Waals surface area (Å²) in [5.74, 6) is 0.446. The van der Waals surface area contributed by atoms with Gasteiger partial charge < -0.3 is 9.52 Å². The Labute approximate surface area is 108 Å². The first kappa shape index (κ1) is 14.7. The maximum absolute atomic E-state index is 11.1. The number of rotatable bonds is 5. The summed E-state index contributed by atoms with van der Waals surface area (Å²) in [7, 11) is 0. The van der Waals surface area contributed by atoms with Gasteiger partial charge in [0.2, 0.25) is 5.89 Å². The Bertz CT molecular complexity index is 420. The van der Waals surface area contributed by atoms with E-state index in [1.54, 1.807) is 13.1 Å². The fourth-order valence-corrected chi connectivity index (χ4v) is 1.36. The molecule has 102 valence electrons. The van der Waals surface area contributed by atoms with Crippen LogP contribution in [-0.4, -0.2) is 21.6 Å². The van der Waals surface area contributed by atoms with Crippen LogP contribution in [-0.2, 0) is 16.8 Å². The number of aliphatic carboxylic acids is 1.